The SMILES string of the molecule is CCC(CC)(C(=O)O)C1CCCC(S(C)(=O)=O)C1. The molecule has 0 spiro atoms. The molecule has 1 saturated carbocycles. The number of carbonyl (C=O) groups is 1. The van der Waals surface area contributed by atoms with E-state index in [0.29, 0.717) is 25.7 Å². The van der Waals surface area contributed by atoms with E-state index in [1.54, 1.807) is 0 Å². The normalized spacial score (nSPS) is 25.9. The molecule has 0 aromatic heterocycles. The lowest BCUT2D eigenvalue weighted by atomic mass is 9.65. The van der Waals surface area contributed by atoms with E-state index in [1.807, 2.05) is 13.8 Å². The molecular weight excluding hydrogens is 252 g/mol. The fourth-order valence-electron chi connectivity index (χ4n) is 3.34. The van der Waals surface area contributed by atoms with Crippen molar-refractivity contribution in [3.63, 3.8) is 0 Å². The van der Waals surface area contributed by atoms with Crippen LogP contribution in [0, 0.1) is 11.3 Å². The smallest absolute Gasteiger partial charge is 0.309 e. The average Bonchev–Trinajstić information content (AvgIpc) is 2.30. The molecule has 106 valence electrons. The molecule has 1 rings (SSSR count). The molecular formula is C13H24O4S. The summed E-state index contributed by atoms with van der Waals surface area (Å²) in [4.78, 5) is 11.6. The summed E-state index contributed by atoms with van der Waals surface area (Å²) in [6, 6.07) is 0. The molecule has 4 nitrogen and oxygen atoms in total. The van der Waals surface area contributed by atoms with Crippen LogP contribution in [0.25, 0.3) is 0 Å². The summed E-state index contributed by atoms with van der Waals surface area (Å²) >= 11 is 0. The van der Waals surface area contributed by atoms with E-state index < -0.39 is 21.2 Å². The zero-order valence-electron chi connectivity index (χ0n) is 11.5. The molecule has 5 heteroatoms. The van der Waals surface area contributed by atoms with Crippen LogP contribution in [0.2, 0.25) is 0 Å². The molecule has 1 aliphatic rings. The van der Waals surface area contributed by atoms with Gasteiger partial charge in [-0.05, 0) is 38.0 Å². The maximum absolute atomic E-state index is 11.7. The summed E-state index contributed by atoms with van der Waals surface area (Å²) in [6.45, 7) is 3.78. The average molecular weight is 276 g/mol. The number of hydrogen-bond acceptors (Lipinski definition) is 3. The zero-order valence-corrected chi connectivity index (χ0v) is 12.3. The Labute approximate surface area is 110 Å². The molecule has 1 aliphatic carbocycles. The van der Waals surface area contributed by atoms with E-state index in [4.69, 9.17) is 0 Å². The highest BCUT2D eigenvalue weighted by Crippen LogP contribution is 2.45. The van der Waals surface area contributed by atoms with Crippen molar-refractivity contribution in [2.24, 2.45) is 11.3 Å². The second-order valence-electron chi connectivity index (χ2n) is 5.48. The van der Waals surface area contributed by atoms with Gasteiger partial charge in [-0.3, -0.25) is 4.79 Å². The van der Waals surface area contributed by atoms with E-state index >= 15 is 0 Å². The number of rotatable bonds is 5. The minimum absolute atomic E-state index is 0.0153. The molecule has 2 atom stereocenters. The Morgan fingerprint density at radius 3 is 2.22 bits per heavy atom. The highest BCUT2D eigenvalue weighted by Gasteiger charge is 2.45. The lowest BCUT2D eigenvalue weighted by Gasteiger charge is -2.40. The van der Waals surface area contributed by atoms with Crippen LogP contribution < -0.4 is 0 Å². The Hall–Kier alpha value is -0.580. The summed E-state index contributed by atoms with van der Waals surface area (Å²) in [6.07, 6.45) is 5.24. The minimum atomic E-state index is -3.05. The molecule has 0 radical (unpaired) electrons. The van der Waals surface area contributed by atoms with Gasteiger partial charge in [0, 0.05) is 6.26 Å². The predicted molar refractivity (Wildman–Crippen MR) is 71.2 cm³/mol. The van der Waals surface area contributed by atoms with E-state index in [9.17, 15) is 18.3 Å². The van der Waals surface area contributed by atoms with Gasteiger partial charge in [-0.2, -0.15) is 0 Å². The van der Waals surface area contributed by atoms with Crippen LogP contribution >= 0.6 is 0 Å². The van der Waals surface area contributed by atoms with Crippen LogP contribution in [0.5, 0.6) is 0 Å². The monoisotopic (exact) mass is 276 g/mol. The number of carboxylic acids is 1. The number of aliphatic carboxylic acids is 1. The number of hydrogen-bond donors (Lipinski definition) is 1. The van der Waals surface area contributed by atoms with Crippen molar-refractivity contribution in [1.82, 2.24) is 0 Å². The predicted octanol–water partition coefficient (Wildman–Crippen LogP) is 2.48. The van der Waals surface area contributed by atoms with Gasteiger partial charge in [0.1, 0.15) is 9.84 Å². The van der Waals surface area contributed by atoms with Crippen molar-refractivity contribution >= 4 is 15.8 Å². The maximum Gasteiger partial charge on any atom is 0.309 e. The van der Waals surface area contributed by atoms with Gasteiger partial charge in [-0.1, -0.05) is 20.3 Å². The Morgan fingerprint density at radius 2 is 1.83 bits per heavy atom. The van der Waals surface area contributed by atoms with Crippen LogP contribution in [0.15, 0.2) is 0 Å². The molecule has 0 aromatic carbocycles. The summed E-state index contributed by atoms with van der Waals surface area (Å²) in [5, 5.41) is 9.16. The molecule has 1 fully saturated rings. The molecule has 1 N–H and O–H groups in total. The van der Waals surface area contributed by atoms with Crippen molar-refractivity contribution in [2.45, 2.75) is 57.6 Å². The summed E-state index contributed by atoms with van der Waals surface area (Å²) in [5.41, 5.74) is -0.747. The minimum Gasteiger partial charge on any atom is -0.481 e. The zero-order chi connectivity index (χ0) is 14.0. The third-order valence-corrected chi connectivity index (χ3v) is 6.34. The molecule has 0 aromatic rings. The molecule has 18 heavy (non-hydrogen) atoms. The van der Waals surface area contributed by atoms with Crippen LogP contribution in [-0.4, -0.2) is 31.0 Å². The van der Waals surface area contributed by atoms with Crippen LogP contribution in [-0.2, 0) is 14.6 Å². The van der Waals surface area contributed by atoms with Gasteiger partial charge in [0.2, 0.25) is 0 Å². The lowest BCUT2D eigenvalue weighted by molar-refractivity contribution is -0.154. The van der Waals surface area contributed by atoms with Crippen molar-refractivity contribution in [2.75, 3.05) is 6.26 Å². The van der Waals surface area contributed by atoms with Crippen LogP contribution in [0.1, 0.15) is 52.4 Å². The van der Waals surface area contributed by atoms with Gasteiger partial charge in [0.15, 0.2) is 0 Å². The van der Waals surface area contributed by atoms with Gasteiger partial charge >= 0.3 is 5.97 Å². The standard InChI is InChI=1S/C13H24O4S/c1-4-13(5-2,12(14)15)10-7-6-8-11(9-10)18(3,16)17/h10-11H,4-9H2,1-3H3,(H,14,15). The van der Waals surface area contributed by atoms with Gasteiger partial charge in [0.25, 0.3) is 0 Å². The van der Waals surface area contributed by atoms with Crippen molar-refractivity contribution < 1.29 is 18.3 Å². The molecule has 0 heterocycles. The topological polar surface area (TPSA) is 71.4 Å². The van der Waals surface area contributed by atoms with Gasteiger partial charge < -0.3 is 5.11 Å². The molecule has 0 aliphatic heterocycles. The first-order chi connectivity index (χ1) is 8.28. The van der Waals surface area contributed by atoms with Crippen molar-refractivity contribution in [3.8, 4) is 0 Å². The largest absolute Gasteiger partial charge is 0.481 e. The van der Waals surface area contributed by atoms with E-state index in [-0.39, 0.29) is 11.2 Å². The summed E-state index contributed by atoms with van der Waals surface area (Å²) < 4.78 is 23.3. The fraction of sp³-hybridized carbons (Fsp3) is 0.923. The van der Waals surface area contributed by atoms with Crippen LogP contribution in [0.4, 0.5) is 0 Å². The van der Waals surface area contributed by atoms with Crippen LogP contribution in [0.3, 0.4) is 0 Å². The third kappa shape index (κ3) is 2.87. The van der Waals surface area contributed by atoms with E-state index in [2.05, 4.69) is 0 Å². The van der Waals surface area contributed by atoms with E-state index in [0.717, 1.165) is 12.8 Å². The first-order valence-corrected chi connectivity index (χ1v) is 8.65. The highest BCUT2D eigenvalue weighted by molar-refractivity contribution is 7.91. The van der Waals surface area contributed by atoms with Gasteiger partial charge in [-0.25, -0.2) is 8.42 Å². The Balaban J connectivity index is 2.97. The molecule has 0 amide bonds. The summed E-state index contributed by atoms with van der Waals surface area (Å²) in [5.74, 6) is -0.787. The van der Waals surface area contributed by atoms with E-state index in [1.165, 1.54) is 6.26 Å². The number of carboxylic acid groups (broad SMARTS) is 1. The van der Waals surface area contributed by atoms with Gasteiger partial charge in [0.05, 0.1) is 10.7 Å². The van der Waals surface area contributed by atoms with Crippen molar-refractivity contribution in [1.29, 1.82) is 0 Å². The highest BCUT2D eigenvalue weighted by atomic mass is 32.2. The van der Waals surface area contributed by atoms with Gasteiger partial charge in [-0.15, -0.1) is 0 Å². The Bertz CT molecular complexity index is 395. The first kappa shape index (κ1) is 15.5. The molecule has 2 unspecified atom stereocenters. The third-order valence-electron chi connectivity index (χ3n) is 4.70. The second-order valence-corrected chi connectivity index (χ2v) is 7.81. The first-order valence-electron chi connectivity index (χ1n) is 6.70. The number of sulfone groups is 1. The maximum atomic E-state index is 11.7. The summed E-state index contributed by atoms with van der Waals surface area (Å²) in [7, 11) is -3.05. The molecule has 0 bridgehead atoms. The second kappa shape index (κ2) is 5.59. The fourth-order valence-corrected chi connectivity index (χ4v) is 4.52. The molecule has 0 saturated heterocycles. The Kier molecular flexibility index (Phi) is 4.81. The lowest BCUT2D eigenvalue weighted by Crippen LogP contribution is -2.42. The quantitative estimate of drug-likeness (QED) is 0.837. The Morgan fingerprint density at radius 1 is 1.28 bits per heavy atom. The van der Waals surface area contributed by atoms with Crippen molar-refractivity contribution in [3.05, 3.63) is 0 Å².